The van der Waals surface area contributed by atoms with E-state index < -0.39 is 6.10 Å². The maximum Gasteiger partial charge on any atom is 0.122 e. The van der Waals surface area contributed by atoms with Crippen LogP contribution in [0.5, 0.6) is 0 Å². The van der Waals surface area contributed by atoms with Crippen LogP contribution in [-0.2, 0) is 0 Å². The van der Waals surface area contributed by atoms with Crippen LogP contribution in [0.15, 0.2) is 24.3 Å². The summed E-state index contributed by atoms with van der Waals surface area (Å²) in [6.45, 7) is 1.78. The Morgan fingerprint density at radius 1 is 1.25 bits per heavy atom. The zero-order chi connectivity index (χ0) is 14.1. The van der Waals surface area contributed by atoms with Crippen molar-refractivity contribution < 1.29 is 5.11 Å². The molecule has 0 saturated heterocycles. The lowest BCUT2D eigenvalue weighted by Crippen LogP contribution is -1.97. The molecular formula is C16H18ClNOS. The third-order valence-electron chi connectivity index (χ3n) is 3.88. The average Bonchev–Trinajstić information content (AvgIpc) is 3.08. The lowest BCUT2D eigenvalue weighted by Gasteiger charge is -2.09. The zero-order valence-electron chi connectivity index (χ0n) is 11.5. The first-order valence-electron chi connectivity index (χ1n) is 7.10. The van der Waals surface area contributed by atoms with Crippen LogP contribution in [0.3, 0.4) is 0 Å². The highest BCUT2D eigenvalue weighted by molar-refractivity contribution is 7.15. The van der Waals surface area contributed by atoms with Crippen molar-refractivity contribution in [2.24, 2.45) is 0 Å². The molecule has 0 aliphatic heterocycles. The summed E-state index contributed by atoms with van der Waals surface area (Å²) in [5.74, 6) is 0.546. The molecule has 3 rings (SSSR count). The minimum Gasteiger partial charge on any atom is -0.386 e. The largest absolute Gasteiger partial charge is 0.386 e. The first-order chi connectivity index (χ1) is 9.65. The Morgan fingerprint density at radius 3 is 2.50 bits per heavy atom. The van der Waals surface area contributed by atoms with E-state index in [2.05, 4.69) is 0 Å². The quantitative estimate of drug-likeness (QED) is 0.848. The van der Waals surface area contributed by atoms with Crippen molar-refractivity contribution in [3.63, 3.8) is 0 Å². The fourth-order valence-electron chi connectivity index (χ4n) is 2.81. The SMILES string of the molecule is C[C@H](O)c1nc(C2CCCC2)c(-c2ccc(Cl)cc2)s1. The molecule has 0 amide bonds. The van der Waals surface area contributed by atoms with Gasteiger partial charge in [0.15, 0.2) is 0 Å². The third kappa shape index (κ3) is 2.76. The van der Waals surface area contributed by atoms with Gasteiger partial charge in [0.2, 0.25) is 0 Å². The molecule has 1 saturated carbocycles. The van der Waals surface area contributed by atoms with Crippen molar-refractivity contribution >= 4 is 22.9 Å². The summed E-state index contributed by atoms with van der Waals surface area (Å²) in [5, 5.41) is 11.4. The van der Waals surface area contributed by atoms with Crippen LogP contribution in [0, 0.1) is 0 Å². The van der Waals surface area contributed by atoms with Gasteiger partial charge in [-0.15, -0.1) is 11.3 Å². The van der Waals surface area contributed by atoms with Gasteiger partial charge in [-0.3, -0.25) is 0 Å². The summed E-state index contributed by atoms with van der Waals surface area (Å²) < 4.78 is 0. The fraction of sp³-hybridized carbons (Fsp3) is 0.438. The van der Waals surface area contributed by atoms with Crippen LogP contribution in [0.25, 0.3) is 10.4 Å². The van der Waals surface area contributed by atoms with E-state index in [0.29, 0.717) is 5.92 Å². The standard InChI is InChI=1S/C16H18ClNOS/c1-10(19)16-18-14(11-4-2-3-5-11)15(20-16)12-6-8-13(17)9-7-12/h6-11,19H,2-5H2,1H3/t10-/m0/s1. The minimum atomic E-state index is -0.499. The lowest BCUT2D eigenvalue weighted by molar-refractivity contribution is 0.198. The van der Waals surface area contributed by atoms with Gasteiger partial charge in [0.25, 0.3) is 0 Å². The van der Waals surface area contributed by atoms with Crippen LogP contribution in [0.2, 0.25) is 5.02 Å². The number of hydrogen-bond donors (Lipinski definition) is 1. The van der Waals surface area contributed by atoms with E-state index in [9.17, 15) is 5.11 Å². The van der Waals surface area contributed by atoms with Gasteiger partial charge in [0.1, 0.15) is 11.1 Å². The topological polar surface area (TPSA) is 33.1 Å². The number of benzene rings is 1. The Labute approximate surface area is 128 Å². The molecule has 1 aromatic carbocycles. The van der Waals surface area contributed by atoms with Crippen molar-refractivity contribution in [2.75, 3.05) is 0 Å². The Hall–Kier alpha value is -0.900. The monoisotopic (exact) mass is 307 g/mol. The molecule has 1 aromatic heterocycles. The van der Waals surface area contributed by atoms with Crippen molar-refractivity contribution in [2.45, 2.75) is 44.6 Å². The molecule has 0 radical (unpaired) electrons. The van der Waals surface area contributed by atoms with Crippen LogP contribution in [0.1, 0.15) is 55.3 Å². The van der Waals surface area contributed by atoms with Crippen LogP contribution >= 0.6 is 22.9 Å². The molecule has 0 spiro atoms. The molecule has 0 bridgehead atoms. The number of hydrogen-bond acceptors (Lipinski definition) is 3. The van der Waals surface area contributed by atoms with Gasteiger partial charge in [0, 0.05) is 10.9 Å². The first-order valence-corrected chi connectivity index (χ1v) is 8.29. The van der Waals surface area contributed by atoms with Crippen molar-refractivity contribution in [3.8, 4) is 10.4 Å². The van der Waals surface area contributed by atoms with Gasteiger partial charge < -0.3 is 5.11 Å². The van der Waals surface area contributed by atoms with E-state index in [1.165, 1.54) is 36.3 Å². The second kappa shape index (κ2) is 5.84. The highest BCUT2D eigenvalue weighted by atomic mass is 35.5. The Morgan fingerprint density at radius 2 is 1.90 bits per heavy atom. The molecule has 2 aromatic rings. The highest BCUT2D eigenvalue weighted by Gasteiger charge is 2.25. The molecule has 1 aliphatic carbocycles. The maximum absolute atomic E-state index is 9.82. The molecule has 1 atom stereocenters. The number of thiazole rings is 1. The highest BCUT2D eigenvalue weighted by Crippen LogP contribution is 2.42. The number of nitrogens with zero attached hydrogens (tertiary/aromatic N) is 1. The Bertz CT molecular complexity index is 585. The molecular weight excluding hydrogens is 290 g/mol. The summed E-state index contributed by atoms with van der Waals surface area (Å²) in [5.41, 5.74) is 2.33. The molecule has 0 unspecified atom stereocenters. The van der Waals surface area contributed by atoms with E-state index in [-0.39, 0.29) is 0 Å². The van der Waals surface area contributed by atoms with Gasteiger partial charge in [0.05, 0.1) is 10.6 Å². The fourth-order valence-corrected chi connectivity index (χ4v) is 4.03. The third-order valence-corrected chi connectivity index (χ3v) is 5.42. The van der Waals surface area contributed by atoms with Gasteiger partial charge in [-0.1, -0.05) is 36.6 Å². The van der Waals surface area contributed by atoms with Gasteiger partial charge in [-0.25, -0.2) is 4.98 Å². The van der Waals surface area contributed by atoms with Gasteiger partial charge >= 0.3 is 0 Å². The molecule has 1 heterocycles. The molecule has 20 heavy (non-hydrogen) atoms. The normalized spacial score (nSPS) is 17.6. The van der Waals surface area contributed by atoms with E-state index in [1.54, 1.807) is 18.3 Å². The van der Waals surface area contributed by atoms with Crippen LogP contribution < -0.4 is 0 Å². The first kappa shape index (κ1) is 14.1. The smallest absolute Gasteiger partial charge is 0.122 e. The van der Waals surface area contributed by atoms with E-state index in [0.717, 1.165) is 15.6 Å². The summed E-state index contributed by atoms with van der Waals surface area (Å²) in [7, 11) is 0. The van der Waals surface area contributed by atoms with Crippen molar-refractivity contribution in [1.82, 2.24) is 4.98 Å². The summed E-state index contributed by atoms with van der Waals surface area (Å²) in [4.78, 5) is 5.92. The van der Waals surface area contributed by atoms with Crippen LogP contribution in [-0.4, -0.2) is 10.1 Å². The summed E-state index contributed by atoms with van der Waals surface area (Å²) >= 11 is 7.58. The Balaban J connectivity index is 2.05. The van der Waals surface area contributed by atoms with Crippen molar-refractivity contribution in [1.29, 1.82) is 0 Å². The molecule has 1 aliphatic rings. The number of aliphatic hydroxyl groups is 1. The average molecular weight is 308 g/mol. The predicted molar refractivity (Wildman–Crippen MR) is 84.4 cm³/mol. The summed E-state index contributed by atoms with van der Waals surface area (Å²) in [6, 6.07) is 7.91. The summed E-state index contributed by atoms with van der Waals surface area (Å²) in [6.07, 6.45) is 4.49. The lowest BCUT2D eigenvalue weighted by atomic mass is 10.0. The van der Waals surface area contributed by atoms with Crippen molar-refractivity contribution in [3.05, 3.63) is 40.0 Å². The second-order valence-electron chi connectivity index (χ2n) is 5.43. The zero-order valence-corrected chi connectivity index (χ0v) is 13.0. The second-order valence-corrected chi connectivity index (χ2v) is 6.90. The molecule has 1 N–H and O–H groups in total. The molecule has 4 heteroatoms. The van der Waals surface area contributed by atoms with Gasteiger partial charge in [-0.2, -0.15) is 0 Å². The predicted octanol–water partition coefficient (Wildman–Crippen LogP) is 5.17. The molecule has 106 valence electrons. The molecule has 2 nitrogen and oxygen atoms in total. The number of rotatable bonds is 3. The van der Waals surface area contributed by atoms with Crippen LogP contribution in [0.4, 0.5) is 0 Å². The number of halogens is 1. The van der Waals surface area contributed by atoms with Gasteiger partial charge in [-0.05, 0) is 37.5 Å². The maximum atomic E-state index is 9.82. The van der Waals surface area contributed by atoms with E-state index in [1.807, 2.05) is 24.3 Å². The number of aromatic nitrogens is 1. The van der Waals surface area contributed by atoms with E-state index in [4.69, 9.17) is 16.6 Å². The minimum absolute atomic E-state index is 0.499. The number of aliphatic hydroxyl groups excluding tert-OH is 1. The van der Waals surface area contributed by atoms with E-state index >= 15 is 0 Å². The molecule has 1 fully saturated rings. The Kier molecular flexibility index (Phi) is 4.11.